The number of methoxy groups -OCH3 is 1. The zero-order valence-electron chi connectivity index (χ0n) is 17.3. The summed E-state index contributed by atoms with van der Waals surface area (Å²) < 4.78 is 30.7. The molecule has 0 heterocycles. The zero-order chi connectivity index (χ0) is 21.2. The van der Waals surface area contributed by atoms with Crippen molar-refractivity contribution in [3.8, 4) is 5.75 Å². The highest BCUT2D eigenvalue weighted by Crippen LogP contribution is 2.30. The number of benzene rings is 1. The van der Waals surface area contributed by atoms with Crippen LogP contribution in [0.15, 0.2) is 18.2 Å². The molecular weight excluding hydrogens is 400 g/mol. The Morgan fingerprint density at radius 2 is 2.00 bits per heavy atom. The Kier molecular flexibility index (Phi) is 10.7. The SMILES string of the molecule is CCCC[C@@H](CC)CNC(=O)CCCN(c1ccc(OC)c(Cl)c1)S(C)(=O)=O. The van der Waals surface area contributed by atoms with Gasteiger partial charge in [0.2, 0.25) is 15.9 Å². The summed E-state index contributed by atoms with van der Waals surface area (Å²) in [4.78, 5) is 12.1. The maximum absolute atomic E-state index is 12.2. The molecule has 0 spiro atoms. The Bertz CT molecular complexity index is 725. The van der Waals surface area contributed by atoms with Gasteiger partial charge in [0.25, 0.3) is 0 Å². The normalized spacial score (nSPS) is 12.5. The first kappa shape index (κ1) is 24.6. The van der Waals surface area contributed by atoms with Crippen LogP contribution in [0.5, 0.6) is 5.75 Å². The van der Waals surface area contributed by atoms with E-state index in [0.29, 0.717) is 35.3 Å². The molecule has 0 aromatic heterocycles. The van der Waals surface area contributed by atoms with Crippen molar-refractivity contribution in [3.63, 3.8) is 0 Å². The third-order valence-electron chi connectivity index (χ3n) is 4.72. The molecule has 28 heavy (non-hydrogen) atoms. The van der Waals surface area contributed by atoms with Gasteiger partial charge in [-0.1, -0.05) is 44.7 Å². The Morgan fingerprint density at radius 3 is 2.54 bits per heavy atom. The van der Waals surface area contributed by atoms with E-state index in [0.717, 1.165) is 25.5 Å². The van der Waals surface area contributed by atoms with E-state index in [1.54, 1.807) is 18.2 Å². The van der Waals surface area contributed by atoms with E-state index in [2.05, 4.69) is 19.2 Å². The zero-order valence-corrected chi connectivity index (χ0v) is 18.9. The molecule has 0 unspecified atom stereocenters. The second-order valence-corrected chi connectivity index (χ2v) is 9.29. The fourth-order valence-corrected chi connectivity index (χ4v) is 4.18. The molecule has 0 saturated heterocycles. The molecular formula is C20H33ClN2O4S. The summed E-state index contributed by atoms with van der Waals surface area (Å²) in [6, 6.07) is 4.83. The van der Waals surface area contributed by atoms with Crippen molar-refractivity contribution in [2.75, 3.05) is 30.8 Å². The Morgan fingerprint density at radius 1 is 1.29 bits per heavy atom. The highest BCUT2D eigenvalue weighted by atomic mass is 35.5. The van der Waals surface area contributed by atoms with Gasteiger partial charge in [-0.3, -0.25) is 9.10 Å². The van der Waals surface area contributed by atoms with Gasteiger partial charge in [-0.25, -0.2) is 8.42 Å². The Labute approximate surface area is 174 Å². The highest BCUT2D eigenvalue weighted by Gasteiger charge is 2.19. The molecule has 1 atom stereocenters. The van der Waals surface area contributed by atoms with Gasteiger partial charge in [-0.15, -0.1) is 0 Å². The number of halogens is 1. The second-order valence-electron chi connectivity index (χ2n) is 6.98. The molecule has 0 aliphatic heterocycles. The van der Waals surface area contributed by atoms with E-state index < -0.39 is 10.0 Å². The van der Waals surface area contributed by atoms with Crippen molar-refractivity contribution in [1.29, 1.82) is 0 Å². The number of ether oxygens (including phenoxy) is 1. The summed E-state index contributed by atoms with van der Waals surface area (Å²) in [6.45, 7) is 5.19. The second kappa shape index (κ2) is 12.2. The minimum absolute atomic E-state index is 0.0452. The van der Waals surface area contributed by atoms with E-state index >= 15 is 0 Å². The number of amides is 1. The molecule has 1 aromatic rings. The fourth-order valence-electron chi connectivity index (χ4n) is 2.97. The molecule has 1 amide bonds. The van der Waals surface area contributed by atoms with Gasteiger partial charge in [-0.05, 0) is 37.0 Å². The highest BCUT2D eigenvalue weighted by molar-refractivity contribution is 7.92. The number of carbonyl (C=O) groups is 1. The number of rotatable bonds is 13. The molecule has 0 aliphatic rings. The van der Waals surface area contributed by atoms with Crippen LogP contribution in [0.1, 0.15) is 52.4 Å². The number of carbonyl (C=O) groups excluding carboxylic acids is 1. The van der Waals surface area contributed by atoms with Crippen molar-refractivity contribution in [3.05, 3.63) is 23.2 Å². The fraction of sp³-hybridized carbons (Fsp3) is 0.650. The lowest BCUT2D eigenvalue weighted by Crippen LogP contribution is -2.33. The Hall–Kier alpha value is -1.47. The maximum Gasteiger partial charge on any atom is 0.232 e. The van der Waals surface area contributed by atoms with Crippen molar-refractivity contribution < 1.29 is 17.9 Å². The van der Waals surface area contributed by atoms with Crippen molar-refractivity contribution in [1.82, 2.24) is 5.32 Å². The summed E-state index contributed by atoms with van der Waals surface area (Å²) in [5.74, 6) is 0.931. The molecule has 160 valence electrons. The van der Waals surface area contributed by atoms with Crippen LogP contribution in [0.4, 0.5) is 5.69 Å². The van der Waals surface area contributed by atoms with E-state index in [-0.39, 0.29) is 18.9 Å². The van der Waals surface area contributed by atoms with Crippen LogP contribution < -0.4 is 14.4 Å². The van der Waals surface area contributed by atoms with Crippen LogP contribution >= 0.6 is 11.6 Å². The van der Waals surface area contributed by atoms with Crippen LogP contribution in [0.2, 0.25) is 5.02 Å². The molecule has 1 rings (SSSR count). The third kappa shape index (κ3) is 8.27. The molecule has 1 aromatic carbocycles. The number of unbranched alkanes of at least 4 members (excludes halogenated alkanes) is 1. The molecule has 0 fully saturated rings. The molecule has 0 radical (unpaired) electrons. The monoisotopic (exact) mass is 432 g/mol. The number of nitrogens with zero attached hydrogens (tertiary/aromatic N) is 1. The van der Waals surface area contributed by atoms with Crippen LogP contribution in [-0.4, -0.2) is 40.8 Å². The lowest BCUT2D eigenvalue weighted by molar-refractivity contribution is -0.121. The smallest absolute Gasteiger partial charge is 0.232 e. The van der Waals surface area contributed by atoms with E-state index in [1.807, 2.05) is 0 Å². The number of hydrogen-bond acceptors (Lipinski definition) is 4. The molecule has 0 aliphatic carbocycles. The number of anilines is 1. The molecule has 1 N–H and O–H groups in total. The average molecular weight is 433 g/mol. The van der Waals surface area contributed by atoms with Gasteiger partial charge < -0.3 is 10.1 Å². The van der Waals surface area contributed by atoms with Gasteiger partial charge >= 0.3 is 0 Å². The van der Waals surface area contributed by atoms with Gasteiger partial charge in [0, 0.05) is 19.5 Å². The first-order valence-electron chi connectivity index (χ1n) is 9.80. The minimum atomic E-state index is -3.49. The van der Waals surface area contributed by atoms with Gasteiger partial charge in [-0.2, -0.15) is 0 Å². The van der Waals surface area contributed by atoms with Crippen LogP contribution in [0.25, 0.3) is 0 Å². The standard InChI is InChI=1S/C20H33ClN2O4S/c1-5-7-9-16(6-2)15-22-20(24)10-8-13-23(28(4,25)26)17-11-12-19(27-3)18(21)14-17/h11-12,14,16H,5-10,13,15H2,1-4H3,(H,22,24)/t16-/m1/s1. The number of sulfonamides is 1. The molecule has 8 heteroatoms. The van der Waals surface area contributed by atoms with E-state index in [4.69, 9.17) is 16.3 Å². The van der Waals surface area contributed by atoms with Crippen LogP contribution in [0.3, 0.4) is 0 Å². The predicted molar refractivity (Wildman–Crippen MR) is 116 cm³/mol. The lowest BCUT2D eigenvalue weighted by Gasteiger charge is -2.23. The molecule has 6 nitrogen and oxygen atoms in total. The maximum atomic E-state index is 12.2. The van der Waals surface area contributed by atoms with Gasteiger partial charge in [0.1, 0.15) is 5.75 Å². The van der Waals surface area contributed by atoms with E-state index in [9.17, 15) is 13.2 Å². The summed E-state index contributed by atoms with van der Waals surface area (Å²) in [6.07, 6.45) is 6.33. The molecule has 0 saturated carbocycles. The topological polar surface area (TPSA) is 75.7 Å². The van der Waals surface area contributed by atoms with Crippen LogP contribution in [0, 0.1) is 5.92 Å². The summed E-state index contributed by atoms with van der Waals surface area (Å²) in [5.41, 5.74) is 0.458. The lowest BCUT2D eigenvalue weighted by atomic mass is 9.99. The number of nitrogens with one attached hydrogen (secondary N) is 1. The first-order chi connectivity index (χ1) is 13.2. The summed E-state index contributed by atoms with van der Waals surface area (Å²) >= 11 is 6.12. The Balaban J connectivity index is 2.61. The predicted octanol–water partition coefficient (Wildman–Crippen LogP) is 4.23. The van der Waals surface area contributed by atoms with Gasteiger partial charge in [0.15, 0.2) is 0 Å². The quantitative estimate of drug-likeness (QED) is 0.506. The summed E-state index contributed by atoms with van der Waals surface area (Å²) in [7, 11) is -1.99. The first-order valence-corrected chi connectivity index (χ1v) is 12.0. The summed E-state index contributed by atoms with van der Waals surface area (Å²) in [5, 5.41) is 3.31. The van der Waals surface area contributed by atoms with Crippen molar-refractivity contribution in [2.45, 2.75) is 52.4 Å². The third-order valence-corrected chi connectivity index (χ3v) is 6.21. The van der Waals surface area contributed by atoms with Crippen molar-refractivity contribution >= 4 is 33.2 Å². The average Bonchev–Trinajstić information content (AvgIpc) is 2.64. The van der Waals surface area contributed by atoms with Crippen molar-refractivity contribution in [2.24, 2.45) is 5.92 Å². The molecule has 0 bridgehead atoms. The number of hydrogen-bond donors (Lipinski definition) is 1. The largest absolute Gasteiger partial charge is 0.495 e. The minimum Gasteiger partial charge on any atom is -0.495 e. The van der Waals surface area contributed by atoms with E-state index in [1.165, 1.54) is 17.8 Å². The van der Waals surface area contributed by atoms with Gasteiger partial charge in [0.05, 0.1) is 24.1 Å². The van der Waals surface area contributed by atoms with Crippen LogP contribution in [-0.2, 0) is 14.8 Å².